The first kappa shape index (κ1) is 22.1. The first-order chi connectivity index (χ1) is 14.5. The summed E-state index contributed by atoms with van der Waals surface area (Å²) in [5.74, 6) is -0.586. The van der Waals surface area contributed by atoms with Gasteiger partial charge in [0.1, 0.15) is 5.82 Å². The highest BCUT2D eigenvalue weighted by Crippen LogP contribution is 2.25. The summed E-state index contributed by atoms with van der Waals surface area (Å²) in [6, 6.07) is 9.20. The van der Waals surface area contributed by atoms with Crippen molar-refractivity contribution in [2.75, 3.05) is 31.5 Å². The van der Waals surface area contributed by atoms with E-state index in [9.17, 15) is 8.78 Å². The molecule has 0 unspecified atom stereocenters. The predicted octanol–water partition coefficient (Wildman–Crippen LogP) is 5.88. The zero-order valence-electron chi connectivity index (χ0n) is 17.1. The normalized spacial score (nSPS) is 11.7. The van der Waals surface area contributed by atoms with E-state index in [1.807, 2.05) is 12.1 Å². The minimum atomic E-state index is -0.887. The number of nitrogens with one attached hydrogen (secondary N) is 1. The van der Waals surface area contributed by atoms with Crippen LogP contribution in [0.1, 0.15) is 31.7 Å². The summed E-state index contributed by atoms with van der Waals surface area (Å²) in [5, 5.41) is 4.85. The molecule has 0 radical (unpaired) electrons. The van der Waals surface area contributed by atoms with Crippen molar-refractivity contribution in [2.24, 2.45) is 0 Å². The second-order valence-corrected chi connectivity index (χ2v) is 7.34. The number of hydrogen-bond acceptors (Lipinski definition) is 4. The van der Waals surface area contributed by atoms with Crippen molar-refractivity contribution in [2.45, 2.75) is 20.3 Å². The van der Waals surface area contributed by atoms with Gasteiger partial charge < -0.3 is 10.2 Å². The van der Waals surface area contributed by atoms with Gasteiger partial charge in [0.25, 0.3) is 0 Å². The predicted molar refractivity (Wildman–Crippen MR) is 121 cm³/mol. The number of anilines is 1. The number of benzene rings is 2. The minimum Gasteiger partial charge on any atom is -0.369 e. The number of nitrogens with zero attached hydrogens (tertiary/aromatic N) is 3. The van der Waals surface area contributed by atoms with Gasteiger partial charge in [0.05, 0.1) is 5.52 Å². The molecule has 1 heterocycles. The Morgan fingerprint density at radius 3 is 2.53 bits per heavy atom. The van der Waals surface area contributed by atoms with Crippen LogP contribution in [0.3, 0.4) is 0 Å². The second kappa shape index (κ2) is 10.5. The zero-order valence-corrected chi connectivity index (χ0v) is 17.9. The number of aromatic nitrogens is 2. The van der Waals surface area contributed by atoms with Crippen LogP contribution in [-0.2, 0) is 0 Å². The SMILES string of the molecule is CCN(CC)CCCNc1nc(C=Cc2ccc(F)c(F)c2)nc2ccc(Cl)cc12. The van der Waals surface area contributed by atoms with Crippen LogP contribution in [0.4, 0.5) is 14.6 Å². The monoisotopic (exact) mass is 430 g/mol. The number of fused-ring (bicyclic) bond motifs is 1. The average Bonchev–Trinajstić information content (AvgIpc) is 2.75. The molecule has 0 aliphatic carbocycles. The minimum absolute atomic E-state index is 0.473. The van der Waals surface area contributed by atoms with Crippen LogP contribution in [0.5, 0.6) is 0 Å². The van der Waals surface area contributed by atoms with E-state index in [2.05, 4.69) is 34.0 Å². The van der Waals surface area contributed by atoms with E-state index in [0.717, 1.165) is 55.6 Å². The highest BCUT2D eigenvalue weighted by Gasteiger charge is 2.08. The van der Waals surface area contributed by atoms with Gasteiger partial charge in [0.2, 0.25) is 0 Å². The lowest BCUT2D eigenvalue weighted by atomic mass is 10.2. The molecular weight excluding hydrogens is 406 g/mol. The number of halogens is 3. The Kier molecular flexibility index (Phi) is 7.71. The van der Waals surface area contributed by atoms with E-state index in [1.165, 1.54) is 6.07 Å². The molecule has 0 saturated carbocycles. The molecule has 2 aromatic carbocycles. The molecule has 0 atom stereocenters. The average molecular weight is 431 g/mol. The molecule has 0 aliphatic heterocycles. The summed E-state index contributed by atoms with van der Waals surface area (Å²) in [4.78, 5) is 11.5. The van der Waals surface area contributed by atoms with Crippen molar-refractivity contribution in [3.63, 3.8) is 0 Å². The summed E-state index contributed by atoms with van der Waals surface area (Å²) in [5.41, 5.74) is 1.29. The summed E-state index contributed by atoms with van der Waals surface area (Å²) >= 11 is 6.17. The Morgan fingerprint density at radius 2 is 1.80 bits per heavy atom. The Hall–Kier alpha value is -2.57. The first-order valence-corrected chi connectivity index (χ1v) is 10.4. The van der Waals surface area contributed by atoms with Gasteiger partial charge in [-0.15, -0.1) is 0 Å². The number of hydrogen-bond donors (Lipinski definition) is 1. The summed E-state index contributed by atoms with van der Waals surface area (Å²) < 4.78 is 26.5. The van der Waals surface area contributed by atoms with Crippen molar-refractivity contribution >= 4 is 40.5 Å². The van der Waals surface area contributed by atoms with Crippen molar-refractivity contribution in [1.82, 2.24) is 14.9 Å². The molecule has 158 valence electrons. The Bertz CT molecular complexity index is 1040. The van der Waals surface area contributed by atoms with E-state index in [1.54, 1.807) is 18.2 Å². The van der Waals surface area contributed by atoms with E-state index < -0.39 is 11.6 Å². The third-order valence-corrected chi connectivity index (χ3v) is 5.12. The summed E-state index contributed by atoms with van der Waals surface area (Å²) in [7, 11) is 0. The van der Waals surface area contributed by atoms with Crippen LogP contribution in [0.25, 0.3) is 23.1 Å². The van der Waals surface area contributed by atoms with E-state index >= 15 is 0 Å². The maximum Gasteiger partial charge on any atom is 0.159 e. The fourth-order valence-corrected chi connectivity index (χ4v) is 3.34. The van der Waals surface area contributed by atoms with Crippen LogP contribution < -0.4 is 5.32 Å². The second-order valence-electron chi connectivity index (χ2n) is 6.91. The maximum atomic E-state index is 13.4. The van der Waals surface area contributed by atoms with Crippen molar-refractivity contribution < 1.29 is 8.78 Å². The van der Waals surface area contributed by atoms with Crippen molar-refractivity contribution in [3.05, 3.63) is 64.4 Å². The molecule has 3 aromatic rings. The van der Waals surface area contributed by atoms with Crippen LogP contribution in [-0.4, -0.2) is 41.0 Å². The van der Waals surface area contributed by atoms with Crippen LogP contribution in [0.2, 0.25) is 5.02 Å². The quantitative estimate of drug-likeness (QED) is 0.430. The highest BCUT2D eigenvalue weighted by molar-refractivity contribution is 6.31. The summed E-state index contributed by atoms with van der Waals surface area (Å²) in [6.45, 7) is 8.14. The van der Waals surface area contributed by atoms with Gasteiger partial charge in [-0.05, 0) is 68.0 Å². The third kappa shape index (κ3) is 5.74. The van der Waals surface area contributed by atoms with Gasteiger partial charge in [0.15, 0.2) is 17.5 Å². The summed E-state index contributed by atoms with van der Waals surface area (Å²) in [6.07, 6.45) is 4.32. The smallest absolute Gasteiger partial charge is 0.159 e. The maximum absolute atomic E-state index is 13.4. The van der Waals surface area contributed by atoms with Gasteiger partial charge in [-0.25, -0.2) is 18.7 Å². The standard InChI is InChI=1S/C23H25ClF2N4/c1-3-30(4-2)13-5-12-27-23-18-15-17(24)8-10-21(18)28-22(29-23)11-7-16-6-9-19(25)20(26)14-16/h6-11,14-15H,3-5,12-13H2,1-2H3,(H,27,28,29). The Labute approximate surface area is 180 Å². The van der Waals surface area contributed by atoms with Crippen molar-refractivity contribution in [1.29, 1.82) is 0 Å². The van der Waals surface area contributed by atoms with E-state index in [-0.39, 0.29) is 0 Å². The highest BCUT2D eigenvalue weighted by atomic mass is 35.5. The third-order valence-electron chi connectivity index (χ3n) is 4.88. The van der Waals surface area contributed by atoms with Crippen molar-refractivity contribution in [3.8, 4) is 0 Å². The molecule has 0 bridgehead atoms. The lowest BCUT2D eigenvalue weighted by molar-refractivity contribution is 0.303. The van der Waals surface area contributed by atoms with Gasteiger partial charge >= 0.3 is 0 Å². The molecule has 0 aliphatic rings. The van der Waals surface area contributed by atoms with Gasteiger partial charge in [0, 0.05) is 17.0 Å². The van der Waals surface area contributed by atoms with Crippen LogP contribution in [0.15, 0.2) is 36.4 Å². The molecule has 4 nitrogen and oxygen atoms in total. The van der Waals surface area contributed by atoms with E-state index in [0.29, 0.717) is 22.2 Å². The molecule has 30 heavy (non-hydrogen) atoms. The van der Waals surface area contributed by atoms with Crippen LogP contribution in [0, 0.1) is 11.6 Å². The van der Waals surface area contributed by atoms with Gasteiger partial charge in [-0.1, -0.05) is 37.6 Å². The van der Waals surface area contributed by atoms with Gasteiger partial charge in [-0.2, -0.15) is 0 Å². The molecule has 1 aromatic heterocycles. The molecule has 0 saturated heterocycles. The topological polar surface area (TPSA) is 41.0 Å². The molecule has 1 N–H and O–H groups in total. The Balaban J connectivity index is 1.82. The van der Waals surface area contributed by atoms with Gasteiger partial charge in [-0.3, -0.25) is 0 Å². The lowest BCUT2D eigenvalue weighted by Gasteiger charge is -2.18. The lowest BCUT2D eigenvalue weighted by Crippen LogP contribution is -2.25. The fraction of sp³-hybridized carbons (Fsp3) is 0.304. The number of rotatable bonds is 9. The molecule has 0 fully saturated rings. The molecule has 0 spiro atoms. The molecule has 0 amide bonds. The van der Waals surface area contributed by atoms with Crippen LogP contribution >= 0.6 is 11.6 Å². The molecular formula is C23H25ClF2N4. The largest absolute Gasteiger partial charge is 0.369 e. The Morgan fingerprint density at radius 1 is 1.00 bits per heavy atom. The zero-order chi connectivity index (χ0) is 21.5. The molecule has 3 rings (SSSR count). The fourth-order valence-electron chi connectivity index (χ4n) is 3.16. The first-order valence-electron chi connectivity index (χ1n) is 10.1. The molecule has 7 heteroatoms. The van der Waals surface area contributed by atoms with E-state index in [4.69, 9.17) is 11.6 Å².